The number of nitrogens with zero attached hydrogens (tertiary/aromatic N) is 1. The molecular formula is C14H17NO. The molecule has 0 saturated heterocycles. The van der Waals surface area contributed by atoms with Gasteiger partial charge in [0, 0.05) is 5.41 Å². The van der Waals surface area contributed by atoms with E-state index in [4.69, 9.17) is 10.00 Å². The summed E-state index contributed by atoms with van der Waals surface area (Å²) in [6.07, 6.45) is 0.982. The molecule has 0 radical (unpaired) electrons. The van der Waals surface area contributed by atoms with Crippen molar-refractivity contribution < 1.29 is 4.74 Å². The molecule has 1 fully saturated rings. The van der Waals surface area contributed by atoms with Crippen molar-refractivity contribution in [3.8, 4) is 11.8 Å². The number of methoxy groups -OCH3 is 1. The quantitative estimate of drug-likeness (QED) is 0.759. The van der Waals surface area contributed by atoms with Gasteiger partial charge in [-0.05, 0) is 43.0 Å². The van der Waals surface area contributed by atoms with E-state index in [0.717, 1.165) is 12.2 Å². The lowest BCUT2D eigenvalue weighted by atomic mass is 9.89. The number of rotatable bonds is 2. The summed E-state index contributed by atoms with van der Waals surface area (Å²) in [6, 6.07) is 6.49. The molecular weight excluding hydrogens is 198 g/mol. The maximum Gasteiger partial charge on any atom is 0.122 e. The predicted octanol–water partition coefficient (Wildman–Crippen LogP) is 3.11. The second-order valence-corrected chi connectivity index (χ2v) is 4.87. The zero-order chi connectivity index (χ0) is 11.9. The van der Waals surface area contributed by atoms with Crippen molar-refractivity contribution in [3.63, 3.8) is 0 Å². The Labute approximate surface area is 96.9 Å². The third-order valence-corrected chi connectivity index (χ3v) is 3.97. The van der Waals surface area contributed by atoms with Crippen LogP contribution in [0.25, 0.3) is 0 Å². The molecule has 2 atom stereocenters. The van der Waals surface area contributed by atoms with Gasteiger partial charge in [0.1, 0.15) is 5.75 Å². The van der Waals surface area contributed by atoms with Crippen LogP contribution in [-0.4, -0.2) is 7.11 Å². The minimum absolute atomic E-state index is 0.0653. The summed E-state index contributed by atoms with van der Waals surface area (Å²) in [4.78, 5) is 0. The smallest absolute Gasteiger partial charge is 0.122 e. The molecule has 0 heterocycles. The van der Waals surface area contributed by atoms with Crippen LogP contribution in [0.3, 0.4) is 0 Å². The minimum atomic E-state index is 0.0653. The Kier molecular flexibility index (Phi) is 2.42. The van der Waals surface area contributed by atoms with Gasteiger partial charge in [-0.1, -0.05) is 13.0 Å². The summed E-state index contributed by atoms with van der Waals surface area (Å²) in [5.41, 5.74) is 3.82. The monoisotopic (exact) mass is 215 g/mol. The van der Waals surface area contributed by atoms with Gasteiger partial charge in [-0.15, -0.1) is 0 Å². The molecule has 2 nitrogen and oxygen atoms in total. The fourth-order valence-corrected chi connectivity index (χ4v) is 2.49. The predicted molar refractivity (Wildman–Crippen MR) is 63.5 cm³/mol. The van der Waals surface area contributed by atoms with Crippen LogP contribution in [-0.2, 0) is 5.41 Å². The second kappa shape index (κ2) is 3.52. The SMILES string of the molecule is COc1ccc(C2(C)CC2C#N)c(C)c1C. The fourth-order valence-electron chi connectivity index (χ4n) is 2.49. The second-order valence-electron chi connectivity index (χ2n) is 4.87. The highest BCUT2D eigenvalue weighted by atomic mass is 16.5. The third-order valence-electron chi connectivity index (χ3n) is 3.97. The first-order valence-electron chi connectivity index (χ1n) is 5.59. The highest BCUT2D eigenvalue weighted by Crippen LogP contribution is 2.55. The number of nitriles is 1. The maximum absolute atomic E-state index is 8.99. The van der Waals surface area contributed by atoms with Gasteiger partial charge >= 0.3 is 0 Å². The molecule has 0 bridgehead atoms. The average Bonchev–Trinajstić information content (AvgIpc) is 2.94. The van der Waals surface area contributed by atoms with Crippen LogP contribution < -0.4 is 4.74 Å². The maximum atomic E-state index is 8.99. The van der Waals surface area contributed by atoms with E-state index in [-0.39, 0.29) is 11.3 Å². The largest absolute Gasteiger partial charge is 0.496 e. The Morgan fingerprint density at radius 2 is 2.06 bits per heavy atom. The molecule has 1 aromatic carbocycles. The van der Waals surface area contributed by atoms with E-state index in [1.807, 2.05) is 6.07 Å². The van der Waals surface area contributed by atoms with E-state index in [0.29, 0.717) is 0 Å². The molecule has 0 amide bonds. The van der Waals surface area contributed by atoms with E-state index in [1.165, 1.54) is 16.7 Å². The highest BCUT2D eigenvalue weighted by Gasteiger charge is 2.52. The van der Waals surface area contributed by atoms with Gasteiger partial charge in [0.15, 0.2) is 0 Å². The summed E-state index contributed by atoms with van der Waals surface area (Å²) in [5, 5.41) is 8.99. The normalized spacial score (nSPS) is 27.3. The first-order chi connectivity index (χ1) is 7.54. The molecule has 1 saturated carbocycles. The van der Waals surface area contributed by atoms with Crippen LogP contribution in [0.5, 0.6) is 5.75 Å². The number of benzene rings is 1. The molecule has 1 aliphatic rings. The average molecular weight is 215 g/mol. The van der Waals surface area contributed by atoms with Crippen LogP contribution in [0, 0.1) is 31.1 Å². The Morgan fingerprint density at radius 3 is 2.56 bits per heavy atom. The van der Waals surface area contributed by atoms with Gasteiger partial charge in [-0.3, -0.25) is 0 Å². The number of hydrogen-bond donors (Lipinski definition) is 0. The van der Waals surface area contributed by atoms with Gasteiger partial charge < -0.3 is 4.74 Å². The van der Waals surface area contributed by atoms with Crippen LogP contribution >= 0.6 is 0 Å². The van der Waals surface area contributed by atoms with Crippen molar-refractivity contribution in [1.82, 2.24) is 0 Å². The highest BCUT2D eigenvalue weighted by molar-refractivity contribution is 5.49. The van der Waals surface area contributed by atoms with Crippen LogP contribution in [0.1, 0.15) is 30.0 Å². The minimum Gasteiger partial charge on any atom is -0.496 e. The van der Waals surface area contributed by atoms with Gasteiger partial charge in [0.2, 0.25) is 0 Å². The molecule has 0 spiro atoms. The summed E-state index contributed by atoms with van der Waals surface area (Å²) >= 11 is 0. The Balaban J connectivity index is 2.46. The number of hydrogen-bond acceptors (Lipinski definition) is 2. The van der Waals surface area contributed by atoms with Crippen LogP contribution in [0.15, 0.2) is 12.1 Å². The number of ether oxygens (including phenoxy) is 1. The molecule has 0 N–H and O–H groups in total. The lowest BCUT2D eigenvalue weighted by Gasteiger charge is -2.17. The Hall–Kier alpha value is -1.49. The van der Waals surface area contributed by atoms with E-state index in [9.17, 15) is 0 Å². The molecule has 1 aromatic rings. The zero-order valence-corrected chi connectivity index (χ0v) is 10.3. The summed E-state index contributed by atoms with van der Waals surface area (Å²) in [6.45, 7) is 6.37. The zero-order valence-electron chi connectivity index (χ0n) is 10.3. The molecule has 2 rings (SSSR count). The van der Waals surface area contributed by atoms with Gasteiger partial charge in [0.05, 0.1) is 19.1 Å². The van der Waals surface area contributed by atoms with Crippen molar-refractivity contribution in [1.29, 1.82) is 5.26 Å². The Morgan fingerprint density at radius 1 is 1.38 bits per heavy atom. The summed E-state index contributed by atoms with van der Waals surface area (Å²) in [7, 11) is 1.69. The standard InChI is InChI=1S/C14H17NO/c1-9-10(2)13(16-4)6-5-12(9)14(3)7-11(14)8-15/h5-6,11H,7H2,1-4H3. The van der Waals surface area contributed by atoms with Crippen molar-refractivity contribution in [2.75, 3.05) is 7.11 Å². The van der Waals surface area contributed by atoms with Crippen molar-refractivity contribution >= 4 is 0 Å². The molecule has 1 aliphatic carbocycles. The first kappa shape index (κ1) is 11.0. The summed E-state index contributed by atoms with van der Waals surface area (Å²) in [5.74, 6) is 1.11. The third kappa shape index (κ3) is 1.39. The summed E-state index contributed by atoms with van der Waals surface area (Å²) < 4.78 is 5.30. The molecule has 2 unspecified atom stereocenters. The molecule has 2 heteroatoms. The van der Waals surface area contributed by atoms with Gasteiger partial charge in [-0.2, -0.15) is 5.26 Å². The Bertz CT molecular complexity index is 472. The van der Waals surface area contributed by atoms with E-state index >= 15 is 0 Å². The topological polar surface area (TPSA) is 33.0 Å². The van der Waals surface area contributed by atoms with E-state index in [2.05, 4.69) is 32.9 Å². The molecule has 0 aliphatic heterocycles. The van der Waals surface area contributed by atoms with Crippen LogP contribution in [0.4, 0.5) is 0 Å². The van der Waals surface area contributed by atoms with Crippen LogP contribution in [0.2, 0.25) is 0 Å². The van der Waals surface area contributed by atoms with Crippen molar-refractivity contribution in [3.05, 3.63) is 28.8 Å². The van der Waals surface area contributed by atoms with E-state index < -0.39 is 0 Å². The van der Waals surface area contributed by atoms with E-state index in [1.54, 1.807) is 7.11 Å². The molecule has 84 valence electrons. The molecule has 16 heavy (non-hydrogen) atoms. The van der Waals surface area contributed by atoms with Gasteiger partial charge in [-0.25, -0.2) is 0 Å². The van der Waals surface area contributed by atoms with Gasteiger partial charge in [0.25, 0.3) is 0 Å². The van der Waals surface area contributed by atoms with Crippen molar-refractivity contribution in [2.45, 2.75) is 32.6 Å². The van der Waals surface area contributed by atoms with Crippen molar-refractivity contribution in [2.24, 2.45) is 5.92 Å². The lowest BCUT2D eigenvalue weighted by molar-refractivity contribution is 0.411. The first-order valence-corrected chi connectivity index (χ1v) is 5.59. The fraction of sp³-hybridized carbons (Fsp3) is 0.500. The molecule has 0 aromatic heterocycles. The lowest BCUT2D eigenvalue weighted by Crippen LogP contribution is -2.07.